The number of pyridine rings is 1. The van der Waals surface area contributed by atoms with Crippen LogP contribution >= 0.6 is 0 Å². The molecule has 2 rings (SSSR count). The third kappa shape index (κ3) is 2.49. The molecule has 0 aliphatic rings. The van der Waals surface area contributed by atoms with Gasteiger partial charge in [0.1, 0.15) is 5.82 Å². The monoisotopic (exact) mass is 257 g/mol. The summed E-state index contributed by atoms with van der Waals surface area (Å²) in [5.41, 5.74) is 7.83. The molecular formula is C14H15N3O2. The molecule has 2 aromatic rings. The lowest BCUT2D eigenvalue weighted by atomic mass is 10.0. The molecule has 1 aromatic carbocycles. The lowest BCUT2D eigenvalue weighted by Gasteiger charge is -2.18. The van der Waals surface area contributed by atoms with Crippen LogP contribution in [0.1, 0.15) is 10.5 Å². The Morgan fingerprint density at radius 3 is 2.47 bits per heavy atom. The number of benzene rings is 1. The normalized spacial score (nSPS) is 10.2. The van der Waals surface area contributed by atoms with E-state index in [0.717, 1.165) is 11.3 Å². The number of anilines is 2. The van der Waals surface area contributed by atoms with Gasteiger partial charge in [-0.15, -0.1) is 0 Å². The first-order valence-corrected chi connectivity index (χ1v) is 5.77. The molecule has 1 aromatic heterocycles. The molecule has 0 amide bonds. The van der Waals surface area contributed by atoms with Crippen molar-refractivity contribution in [3.05, 3.63) is 42.1 Å². The van der Waals surface area contributed by atoms with Gasteiger partial charge in [0, 0.05) is 30.9 Å². The number of rotatable bonds is 3. The minimum atomic E-state index is -1.09. The number of aromatic nitrogens is 1. The summed E-state index contributed by atoms with van der Waals surface area (Å²) in [5.74, 6) is -0.889. The predicted molar refractivity (Wildman–Crippen MR) is 75.4 cm³/mol. The number of hydrogen-bond donors (Lipinski definition) is 2. The van der Waals surface area contributed by atoms with Gasteiger partial charge in [-0.2, -0.15) is 0 Å². The summed E-state index contributed by atoms with van der Waals surface area (Å²) in [4.78, 5) is 17.1. The van der Waals surface area contributed by atoms with Crippen molar-refractivity contribution in [2.75, 3.05) is 24.7 Å². The summed E-state index contributed by atoms with van der Waals surface area (Å²) >= 11 is 0. The Kier molecular flexibility index (Phi) is 3.37. The van der Waals surface area contributed by atoms with Crippen LogP contribution in [0.4, 0.5) is 11.5 Å². The third-order valence-corrected chi connectivity index (χ3v) is 2.80. The molecule has 0 saturated heterocycles. The molecule has 0 atom stereocenters. The molecule has 5 nitrogen and oxygen atoms in total. The van der Waals surface area contributed by atoms with Crippen LogP contribution in [0.25, 0.3) is 11.1 Å². The Bertz CT molecular complexity index is 624. The fourth-order valence-electron chi connectivity index (χ4n) is 1.95. The van der Waals surface area contributed by atoms with E-state index in [0.29, 0.717) is 5.56 Å². The van der Waals surface area contributed by atoms with Crippen molar-refractivity contribution in [1.82, 2.24) is 4.98 Å². The van der Waals surface area contributed by atoms with Gasteiger partial charge >= 0.3 is 5.97 Å². The Balaban J connectivity index is 2.69. The van der Waals surface area contributed by atoms with Gasteiger partial charge in [-0.1, -0.05) is 18.2 Å². The van der Waals surface area contributed by atoms with Crippen LogP contribution in [-0.4, -0.2) is 30.2 Å². The van der Waals surface area contributed by atoms with Gasteiger partial charge in [0.25, 0.3) is 0 Å². The zero-order valence-corrected chi connectivity index (χ0v) is 10.8. The number of carbonyl (C=O) groups is 1. The molecular weight excluding hydrogens is 242 g/mol. The van der Waals surface area contributed by atoms with Crippen LogP contribution < -0.4 is 10.6 Å². The standard InChI is InChI=1S/C14H15N3O2/c1-17(2)11-6-4-3-5-9(11)10-7-8-12(15)16-13(10)14(18)19/h3-8H,1-2H3,(H2,15,16)(H,18,19). The highest BCUT2D eigenvalue weighted by atomic mass is 16.4. The van der Waals surface area contributed by atoms with Crippen molar-refractivity contribution in [2.45, 2.75) is 0 Å². The van der Waals surface area contributed by atoms with Crippen LogP contribution in [0, 0.1) is 0 Å². The van der Waals surface area contributed by atoms with Gasteiger partial charge in [-0.25, -0.2) is 9.78 Å². The van der Waals surface area contributed by atoms with Crippen LogP contribution in [-0.2, 0) is 0 Å². The highest BCUT2D eigenvalue weighted by Crippen LogP contribution is 2.31. The number of carboxylic acids is 1. The van der Waals surface area contributed by atoms with Gasteiger partial charge in [0.05, 0.1) is 0 Å². The molecule has 0 unspecified atom stereocenters. The summed E-state index contributed by atoms with van der Waals surface area (Å²) in [6.45, 7) is 0. The van der Waals surface area contributed by atoms with Crippen molar-refractivity contribution >= 4 is 17.5 Å². The van der Waals surface area contributed by atoms with E-state index in [2.05, 4.69) is 4.98 Å². The summed E-state index contributed by atoms with van der Waals surface area (Å²) in [5, 5.41) is 9.25. The van der Waals surface area contributed by atoms with E-state index in [1.54, 1.807) is 12.1 Å². The summed E-state index contributed by atoms with van der Waals surface area (Å²) in [6.07, 6.45) is 0. The van der Waals surface area contributed by atoms with Crippen molar-refractivity contribution in [3.8, 4) is 11.1 Å². The molecule has 19 heavy (non-hydrogen) atoms. The van der Waals surface area contributed by atoms with Gasteiger partial charge in [-0.3, -0.25) is 0 Å². The molecule has 3 N–H and O–H groups in total. The van der Waals surface area contributed by atoms with Crippen molar-refractivity contribution < 1.29 is 9.90 Å². The fourth-order valence-corrected chi connectivity index (χ4v) is 1.95. The summed E-state index contributed by atoms with van der Waals surface area (Å²) in [7, 11) is 3.81. The highest BCUT2D eigenvalue weighted by molar-refractivity contribution is 5.96. The number of para-hydroxylation sites is 1. The van der Waals surface area contributed by atoms with Crippen LogP contribution in [0.2, 0.25) is 0 Å². The van der Waals surface area contributed by atoms with E-state index in [1.807, 2.05) is 43.3 Å². The lowest BCUT2D eigenvalue weighted by Crippen LogP contribution is -2.11. The van der Waals surface area contributed by atoms with Crippen molar-refractivity contribution in [3.63, 3.8) is 0 Å². The second kappa shape index (κ2) is 4.97. The molecule has 5 heteroatoms. The first-order chi connectivity index (χ1) is 9.00. The fraction of sp³-hybridized carbons (Fsp3) is 0.143. The quantitative estimate of drug-likeness (QED) is 0.880. The minimum Gasteiger partial charge on any atom is -0.476 e. The van der Waals surface area contributed by atoms with Crippen LogP contribution in [0.3, 0.4) is 0 Å². The maximum absolute atomic E-state index is 11.3. The van der Waals surface area contributed by atoms with Crippen LogP contribution in [0.5, 0.6) is 0 Å². The Labute approximate surface area is 111 Å². The van der Waals surface area contributed by atoms with Gasteiger partial charge in [0.2, 0.25) is 0 Å². The molecule has 98 valence electrons. The van der Waals surface area contributed by atoms with E-state index in [1.165, 1.54) is 0 Å². The lowest BCUT2D eigenvalue weighted by molar-refractivity contribution is 0.0691. The van der Waals surface area contributed by atoms with E-state index in [-0.39, 0.29) is 11.5 Å². The zero-order chi connectivity index (χ0) is 14.0. The van der Waals surface area contributed by atoms with Gasteiger partial charge in [-0.05, 0) is 18.2 Å². The van der Waals surface area contributed by atoms with Gasteiger partial charge in [0.15, 0.2) is 5.69 Å². The molecule has 1 heterocycles. The Morgan fingerprint density at radius 2 is 1.84 bits per heavy atom. The predicted octanol–water partition coefficient (Wildman–Crippen LogP) is 2.09. The van der Waals surface area contributed by atoms with E-state index >= 15 is 0 Å². The average Bonchev–Trinajstić information content (AvgIpc) is 2.38. The molecule has 0 aliphatic carbocycles. The second-order valence-electron chi connectivity index (χ2n) is 4.35. The maximum Gasteiger partial charge on any atom is 0.355 e. The highest BCUT2D eigenvalue weighted by Gasteiger charge is 2.16. The number of hydrogen-bond acceptors (Lipinski definition) is 4. The van der Waals surface area contributed by atoms with Crippen molar-refractivity contribution in [1.29, 1.82) is 0 Å². The molecule has 0 saturated carbocycles. The molecule has 0 fully saturated rings. The summed E-state index contributed by atoms with van der Waals surface area (Å²) in [6, 6.07) is 10.9. The molecule has 0 radical (unpaired) electrons. The molecule has 0 aliphatic heterocycles. The minimum absolute atomic E-state index is 0.0331. The van der Waals surface area contributed by atoms with E-state index in [9.17, 15) is 9.90 Å². The second-order valence-corrected chi connectivity index (χ2v) is 4.35. The largest absolute Gasteiger partial charge is 0.476 e. The van der Waals surface area contributed by atoms with Gasteiger partial charge < -0.3 is 15.7 Å². The molecule has 0 bridgehead atoms. The molecule has 0 spiro atoms. The number of carboxylic acid groups (broad SMARTS) is 1. The van der Waals surface area contributed by atoms with E-state index in [4.69, 9.17) is 5.73 Å². The maximum atomic E-state index is 11.3. The summed E-state index contributed by atoms with van der Waals surface area (Å²) < 4.78 is 0. The zero-order valence-electron chi connectivity index (χ0n) is 10.8. The third-order valence-electron chi connectivity index (χ3n) is 2.80. The smallest absolute Gasteiger partial charge is 0.355 e. The topological polar surface area (TPSA) is 79.5 Å². The first kappa shape index (κ1) is 12.9. The average molecular weight is 257 g/mol. The number of nitrogens with two attached hydrogens (primary N) is 1. The van der Waals surface area contributed by atoms with E-state index < -0.39 is 5.97 Å². The number of nitrogen functional groups attached to an aromatic ring is 1. The number of nitrogens with zero attached hydrogens (tertiary/aromatic N) is 2. The number of aromatic carboxylic acids is 1. The SMILES string of the molecule is CN(C)c1ccccc1-c1ccc(N)nc1C(=O)O. The van der Waals surface area contributed by atoms with Crippen molar-refractivity contribution in [2.24, 2.45) is 0 Å². The van der Waals surface area contributed by atoms with Crippen LogP contribution in [0.15, 0.2) is 36.4 Å². The first-order valence-electron chi connectivity index (χ1n) is 5.77. The Morgan fingerprint density at radius 1 is 1.16 bits per heavy atom. The Hall–Kier alpha value is -2.56.